The molecule has 1 aromatic rings. The Morgan fingerprint density at radius 2 is 2.00 bits per heavy atom. The summed E-state index contributed by atoms with van der Waals surface area (Å²) >= 11 is 0. The molecule has 0 aliphatic carbocycles. The van der Waals surface area contributed by atoms with E-state index in [0.29, 0.717) is 0 Å². The molecule has 0 radical (unpaired) electrons. The molecule has 2 N–H and O–H groups in total. The van der Waals surface area contributed by atoms with Gasteiger partial charge < -0.3 is 10.4 Å². The Morgan fingerprint density at radius 3 is 2.47 bits per heavy atom. The van der Waals surface area contributed by atoms with Crippen molar-refractivity contribution in [2.24, 2.45) is 0 Å². The van der Waals surface area contributed by atoms with Crippen molar-refractivity contribution in [2.45, 2.75) is 29.0 Å². The van der Waals surface area contributed by atoms with Crippen molar-refractivity contribution in [1.29, 1.82) is 0 Å². The lowest BCUT2D eigenvalue weighted by Crippen LogP contribution is -2.44. The Morgan fingerprint density at radius 1 is 1.42 bits per heavy atom. The Balaban J connectivity index is 2.28. The van der Waals surface area contributed by atoms with E-state index in [-0.39, 0.29) is 17.9 Å². The lowest BCUT2D eigenvalue weighted by Gasteiger charge is -2.18. The van der Waals surface area contributed by atoms with Gasteiger partial charge in [-0.05, 0) is 37.6 Å². The largest absolute Gasteiger partial charge is 0.480 e. The fourth-order valence-corrected chi connectivity index (χ4v) is 3.89. The van der Waals surface area contributed by atoms with Crippen LogP contribution in [0.15, 0.2) is 29.2 Å². The van der Waals surface area contributed by atoms with Gasteiger partial charge in [0, 0.05) is 6.54 Å². The van der Waals surface area contributed by atoms with E-state index >= 15 is 0 Å². The third-order valence-electron chi connectivity index (χ3n) is 3.41. The number of sulfone groups is 1. The molecule has 104 valence electrons. The highest BCUT2D eigenvalue weighted by molar-refractivity contribution is 7.92. The predicted molar refractivity (Wildman–Crippen MR) is 66.0 cm³/mol. The molecule has 0 aromatic heterocycles. The quantitative estimate of drug-likeness (QED) is 0.804. The Bertz CT molecular complexity index is 599. The van der Waals surface area contributed by atoms with Gasteiger partial charge in [-0.25, -0.2) is 12.8 Å². The molecule has 1 aliphatic rings. The predicted octanol–water partition coefficient (Wildman–Crippen LogP) is 0.805. The number of benzene rings is 1. The topological polar surface area (TPSA) is 83.5 Å². The van der Waals surface area contributed by atoms with Crippen LogP contribution in [0.25, 0.3) is 0 Å². The summed E-state index contributed by atoms with van der Waals surface area (Å²) in [4.78, 5) is 11.1. The van der Waals surface area contributed by atoms with E-state index in [9.17, 15) is 17.6 Å². The lowest BCUT2D eigenvalue weighted by atomic mass is 10.0. The summed E-state index contributed by atoms with van der Waals surface area (Å²) < 4.78 is 37.4. The first-order valence-corrected chi connectivity index (χ1v) is 7.28. The van der Waals surface area contributed by atoms with Crippen LogP contribution in [0.4, 0.5) is 4.39 Å². The fraction of sp³-hybridized carbons (Fsp3) is 0.417. The van der Waals surface area contributed by atoms with E-state index in [4.69, 9.17) is 5.11 Å². The van der Waals surface area contributed by atoms with Gasteiger partial charge in [-0.2, -0.15) is 0 Å². The van der Waals surface area contributed by atoms with Gasteiger partial charge >= 0.3 is 5.97 Å². The molecule has 1 fully saturated rings. The first kappa shape index (κ1) is 14.0. The maximum Gasteiger partial charge on any atom is 0.323 e. The van der Waals surface area contributed by atoms with Crippen LogP contribution in [0.2, 0.25) is 0 Å². The molecule has 0 saturated carbocycles. The molecule has 5 nitrogen and oxygen atoms in total. The molecule has 1 aromatic carbocycles. The lowest BCUT2D eigenvalue weighted by molar-refractivity contribution is -0.143. The van der Waals surface area contributed by atoms with Crippen molar-refractivity contribution in [1.82, 2.24) is 5.32 Å². The van der Waals surface area contributed by atoms with Crippen LogP contribution >= 0.6 is 0 Å². The molecular weight excluding hydrogens is 273 g/mol. The van der Waals surface area contributed by atoms with Crippen LogP contribution < -0.4 is 5.32 Å². The van der Waals surface area contributed by atoms with Gasteiger partial charge in [0.25, 0.3) is 0 Å². The monoisotopic (exact) mass is 287 g/mol. The minimum absolute atomic E-state index is 0.00957. The van der Waals surface area contributed by atoms with Gasteiger partial charge in [0.2, 0.25) is 0 Å². The van der Waals surface area contributed by atoms with Gasteiger partial charge in [0.05, 0.1) is 10.1 Å². The summed E-state index contributed by atoms with van der Waals surface area (Å²) in [5.74, 6) is -1.59. The maximum atomic E-state index is 12.8. The molecule has 1 unspecified atom stereocenters. The Hall–Kier alpha value is -1.47. The van der Waals surface area contributed by atoms with Gasteiger partial charge in [0.15, 0.2) is 9.84 Å². The minimum atomic E-state index is -3.65. The summed E-state index contributed by atoms with van der Waals surface area (Å²) in [5, 5.41) is 11.0. The number of carboxylic acid groups (broad SMARTS) is 1. The molecule has 7 heteroatoms. The molecule has 2 rings (SSSR count). The van der Waals surface area contributed by atoms with Crippen molar-refractivity contribution >= 4 is 15.8 Å². The molecule has 1 heterocycles. The van der Waals surface area contributed by atoms with Crippen molar-refractivity contribution in [2.75, 3.05) is 6.54 Å². The van der Waals surface area contributed by atoms with Crippen molar-refractivity contribution in [3.8, 4) is 0 Å². The highest BCUT2D eigenvalue weighted by Crippen LogP contribution is 2.28. The molecule has 0 amide bonds. The van der Waals surface area contributed by atoms with Gasteiger partial charge in [-0.3, -0.25) is 4.79 Å². The number of carbonyl (C=O) groups is 1. The second-order valence-electron chi connectivity index (χ2n) is 4.84. The van der Waals surface area contributed by atoms with Crippen molar-refractivity contribution in [3.63, 3.8) is 0 Å². The molecule has 0 bridgehead atoms. The number of halogens is 1. The molecule has 19 heavy (non-hydrogen) atoms. The summed E-state index contributed by atoms with van der Waals surface area (Å²) in [6, 6.07) is 4.54. The molecular formula is C12H14FNO4S. The zero-order chi connectivity index (χ0) is 14.3. The number of aliphatic carboxylic acids is 1. The number of carboxylic acids is 1. The normalized spacial score (nSPS) is 27.4. The van der Waals surface area contributed by atoms with Gasteiger partial charge in [0.1, 0.15) is 11.4 Å². The van der Waals surface area contributed by atoms with Crippen LogP contribution in [0, 0.1) is 5.82 Å². The number of rotatable bonds is 3. The number of nitrogens with one attached hydrogen (secondary N) is 1. The van der Waals surface area contributed by atoms with E-state index in [1.807, 2.05) is 0 Å². The van der Waals surface area contributed by atoms with Crippen LogP contribution in [0.1, 0.15) is 13.3 Å². The molecule has 0 spiro atoms. The Kier molecular flexibility index (Phi) is 3.36. The summed E-state index contributed by atoms with van der Waals surface area (Å²) in [6.07, 6.45) is -0.0119. The van der Waals surface area contributed by atoms with Crippen molar-refractivity contribution < 1.29 is 22.7 Å². The number of hydrogen-bond donors (Lipinski definition) is 2. The second-order valence-corrected chi connectivity index (χ2v) is 7.07. The summed E-state index contributed by atoms with van der Waals surface area (Å²) in [6.45, 7) is 1.53. The van der Waals surface area contributed by atoms with Crippen LogP contribution in [-0.4, -0.2) is 36.8 Å². The summed E-state index contributed by atoms with van der Waals surface area (Å²) in [7, 11) is -3.65. The van der Waals surface area contributed by atoms with E-state index in [0.717, 1.165) is 12.1 Å². The molecule has 1 saturated heterocycles. The highest BCUT2D eigenvalue weighted by atomic mass is 32.2. The third-order valence-corrected chi connectivity index (χ3v) is 5.55. The zero-order valence-electron chi connectivity index (χ0n) is 10.3. The minimum Gasteiger partial charge on any atom is -0.480 e. The summed E-state index contributed by atoms with van der Waals surface area (Å²) in [5.41, 5.74) is -1.24. The average molecular weight is 287 g/mol. The van der Waals surface area contributed by atoms with Crippen LogP contribution in [0.3, 0.4) is 0 Å². The van der Waals surface area contributed by atoms with Crippen molar-refractivity contribution in [3.05, 3.63) is 30.1 Å². The van der Waals surface area contributed by atoms with E-state index in [1.165, 1.54) is 19.1 Å². The highest BCUT2D eigenvalue weighted by Gasteiger charge is 2.46. The van der Waals surface area contributed by atoms with Crippen LogP contribution in [-0.2, 0) is 14.6 Å². The standard InChI is InChI=1S/C12H14FNO4S/c1-12(11(15)16)6-10(7-14-12)19(17,18)9-4-2-8(13)3-5-9/h2-5,10,14H,6-7H2,1H3,(H,15,16)/t10-,12?/m1/s1. The first-order valence-electron chi connectivity index (χ1n) is 5.73. The first-order chi connectivity index (χ1) is 8.75. The van der Waals surface area contributed by atoms with E-state index < -0.39 is 32.4 Å². The van der Waals surface area contributed by atoms with E-state index in [2.05, 4.69) is 5.32 Å². The van der Waals surface area contributed by atoms with E-state index in [1.54, 1.807) is 0 Å². The third kappa shape index (κ3) is 2.48. The smallest absolute Gasteiger partial charge is 0.323 e. The SMILES string of the molecule is CC1(C(=O)O)C[C@@H](S(=O)(=O)c2ccc(F)cc2)CN1. The van der Waals surface area contributed by atoms with Gasteiger partial charge in [-0.15, -0.1) is 0 Å². The van der Waals surface area contributed by atoms with Crippen LogP contribution in [0.5, 0.6) is 0 Å². The second kappa shape index (κ2) is 4.57. The Labute approximate surface area is 110 Å². The molecule has 2 atom stereocenters. The maximum absolute atomic E-state index is 12.8. The zero-order valence-corrected chi connectivity index (χ0v) is 11.1. The fourth-order valence-electron chi connectivity index (χ4n) is 2.14. The van der Waals surface area contributed by atoms with Gasteiger partial charge in [-0.1, -0.05) is 0 Å². The average Bonchev–Trinajstić information content (AvgIpc) is 2.75. The molecule has 1 aliphatic heterocycles. The number of hydrogen-bond acceptors (Lipinski definition) is 4.